The third-order valence-electron chi connectivity index (χ3n) is 6.81. The molecule has 3 N–H and O–H groups in total. The first-order chi connectivity index (χ1) is 15.1. The first-order valence-corrected chi connectivity index (χ1v) is 11.4. The topological polar surface area (TPSA) is 74.0 Å². The molecule has 1 fully saturated rings. The van der Waals surface area contributed by atoms with E-state index >= 15 is 0 Å². The van der Waals surface area contributed by atoms with Gasteiger partial charge in [-0.3, -0.25) is 9.59 Å². The van der Waals surface area contributed by atoms with Gasteiger partial charge in [-0.1, -0.05) is 31.9 Å². The van der Waals surface area contributed by atoms with E-state index in [1.165, 1.54) is 17.7 Å². The molecule has 0 bridgehead atoms. The van der Waals surface area contributed by atoms with Crippen molar-refractivity contribution in [1.82, 2.24) is 10.3 Å². The van der Waals surface area contributed by atoms with Crippen molar-refractivity contribution in [3.05, 3.63) is 64.8 Å². The maximum absolute atomic E-state index is 13.1. The molecule has 160 valence electrons. The number of hydrogen-bond donors (Lipinski definition) is 3. The first-order valence-electron chi connectivity index (χ1n) is 11.4. The number of H-pyrrole nitrogens is 1. The minimum absolute atomic E-state index is 0.119. The number of benzene rings is 2. The second-order valence-electron chi connectivity index (χ2n) is 9.14. The number of amides is 2. The van der Waals surface area contributed by atoms with Crippen molar-refractivity contribution in [1.29, 1.82) is 0 Å². The van der Waals surface area contributed by atoms with Gasteiger partial charge in [-0.15, -0.1) is 0 Å². The Morgan fingerprint density at radius 1 is 1.00 bits per heavy atom. The van der Waals surface area contributed by atoms with E-state index in [0.717, 1.165) is 49.4 Å². The lowest BCUT2D eigenvalue weighted by molar-refractivity contribution is 0.0938. The van der Waals surface area contributed by atoms with Gasteiger partial charge in [0.15, 0.2) is 0 Å². The molecule has 5 rings (SSSR count). The number of aromatic nitrogens is 1. The lowest BCUT2D eigenvalue weighted by Crippen LogP contribution is -2.33. The standard InChI is InChI=1S/C26H29N3O2/c1-16-10-12-23-20(14-16)21-15-17(11-13-24(21)28-23)25(30)29-22-9-5-4-8-19(22)26(31)27-18-6-2-3-7-18/h4-5,8-9,11,13,15-16,18,28H,2-3,6-7,10,12,14H2,1H3,(H,27,31)(H,29,30)/t16-/m0/s1. The summed E-state index contributed by atoms with van der Waals surface area (Å²) in [7, 11) is 0. The van der Waals surface area contributed by atoms with Crippen molar-refractivity contribution in [2.45, 2.75) is 57.9 Å². The predicted octanol–water partition coefficient (Wildman–Crippen LogP) is 5.22. The molecule has 2 amide bonds. The number of carbonyl (C=O) groups excluding carboxylic acids is 2. The number of aromatic amines is 1. The first kappa shape index (κ1) is 19.9. The fraction of sp³-hybridized carbons (Fsp3) is 0.385. The van der Waals surface area contributed by atoms with Gasteiger partial charge in [0.2, 0.25) is 0 Å². The van der Waals surface area contributed by atoms with Gasteiger partial charge in [-0.05, 0) is 73.9 Å². The van der Waals surface area contributed by atoms with E-state index in [4.69, 9.17) is 0 Å². The minimum Gasteiger partial charge on any atom is -0.358 e. The third kappa shape index (κ3) is 3.97. The van der Waals surface area contributed by atoms with Crippen LogP contribution in [0.2, 0.25) is 0 Å². The summed E-state index contributed by atoms with van der Waals surface area (Å²) in [6.45, 7) is 2.28. The van der Waals surface area contributed by atoms with E-state index in [1.54, 1.807) is 12.1 Å². The quantitative estimate of drug-likeness (QED) is 0.547. The zero-order valence-electron chi connectivity index (χ0n) is 18.0. The summed E-state index contributed by atoms with van der Waals surface area (Å²) < 4.78 is 0. The van der Waals surface area contributed by atoms with Crippen LogP contribution in [-0.2, 0) is 12.8 Å². The van der Waals surface area contributed by atoms with Gasteiger partial charge >= 0.3 is 0 Å². The fourth-order valence-corrected chi connectivity index (χ4v) is 5.05. The number of hydrogen-bond acceptors (Lipinski definition) is 2. The molecule has 5 heteroatoms. The van der Waals surface area contributed by atoms with Gasteiger partial charge in [0, 0.05) is 28.2 Å². The van der Waals surface area contributed by atoms with Crippen LogP contribution >= 0.6 is 0 Å². The lowest BCUT2D eigenvalue weighted by Gasteiger charge is -2.18. The molecule has 2 aromatic carbocycles. The van der Waals surface area contributed by atoms with Crippen LogP contribution < -0.4 is 10.6 Å². The van der Waals surface area contributed by atoms with Gasteiger partial charge in [-0.2, -0.15) is 0 Å². The molecule has 1 saturated carbocycles. The summed E-state index contributed by atoms with van der Waals surface area (Å²) in [6.07, 6.45) is 7.69. The molecule has 2 aliphatic carbocycles. The van der Waals surface area contributed by atoms with E-state index in [9.17, 15) is 9.59 Å². The molecule has 31 heavy (non-hydrogen) atoms. The molecule has 0 unspecified atom stereocenters. The zero-order valence-corrected chi connectivity index (χ0v) is 18.0. The average Bonchev–Trinajstić information content (AvgIpc) is 3.41. The highest BCUT2D eigenvalue weighted by Crippen LogP contribution is 2.32. The average molecular weight is 416 g/mol. The summed E-state index contributed by atoms with van der Waals surface area (Å²) in [5.74, 6) is 0.350. The Morgan fingerprint density at radius 2 is 1.81 bits per heavy atom. The summed E-state index contributed by atoms with van der Waals surface area (Å²) in [5, 5.41) is 7.22. The van der Waals surface area contributed by atoms with Crippen LogP contribution in [0.1, 0.15) is 71.0 Å². The highest BCUT2D eigenvalue weighted by molar-refractivity contribution is 6.10. The number of rotatable bonds is 4. The van der Waals surface area contributed by atoms with E-state index < -0.39 is 0 Å². The van der Waals surface area contributed by atoms with Crippen LogP contribution in [0.15, 0.2) is 42.5 Å². The van der Waals surface area contributed by atoms with Gasteiger partial charge in [0.25, 0.3) is 11.8 Å². The molecule has 1 heterocycles. The fourth-order valence-electron chi connectivity index (χ4n) is 5.05. The van der Waals surface area contributed by atoms with Crippen LogP contribution in [0, 0.1) is 5.92 Å². The Balaban J connectivity index is 1.38. The van der Waals surface area contributed by atoms with Gasteiger partial charge in [0.05, 0.1) is 11.3 Å². The predicted molar refractivity (Wildman–Crippen MR) is 124 cm³/mol. The van der Waals surface area contributed by atoms with Crippen molar-refractivity contribution in [2.24, 2.45) is 5.92 Å². The summed E-state index contributed by atoms with van der Waals surface area (Å²) >= 11 is 0. The Labute approximate surface area is 182 Å². The molecule has 0 radical (unpaired) electrons. The number of aryl methyl sites for hydroxylation is 1. The number of para-hydroxylation sites is 1. The van der Waals surface area contributed by atoms with Crippen molar-refractivity contribution < 1.29 is 9.59 Å². The summed E-state index contributed by atoms with van der Waals surface area (Å²) in [6, 6.07) is 13.3. The van der Waals surface area contributed by atoms with E-state index in [-0.39, 0.29) is 17.9 Å². The van der Waals surface area contributed by atoms with E-state index in [0.29, 0.717) is 22.7 Å². The summed E-state index contributed by atoms with van der Waals surface area (Å²) in [4.78, 5) is 29.4. The van der Waals surface area contributed by atoms with E-state index in [1.807, 2.05) is 30.3 Å². The molecule has 0 aliphatic heterocycles. The monoisotopic (exact) mass is 415 g/mol. The third-order valence-corrected chi connectivity index (χ3v) is 6.81. The van der Waals surface area contributed by atoms with Crippen LogP contribution in [0.5, 0.6) is 0 Å². The van der Waals surface area contributed by atoms with Crippen LogP contribution in [0.25, 0.3) is 10.9 Å². The van der Waals surface area contributed by atoms with Crippen LogP contribution in [0.4, 0.5) is 5.69 Å². The van der Waals surface area contributed by atoms with Crippen molar-refractivity contribution >= 4 is 28.4 Å². The van der Waals surface area contributed by atoms with Crippen molar-refractivity contribution in [2.75, 3.05) is 5.32 Å². The molecule has 0 spiro atoms. The Kier molecular flexibility index (Phi) is 5.26. The molecular weight excluding hydrogens is 386 g/mol. The van der Waals surface area contributed by atoms with Crippen LogP contribution in [0.3, 0.4) is 0 Å². The normalized spacial score (nSPS) is 18.7. The molecule has 3 aromatic rings. The maximum atomic E-state index is 13.1. The van der Waals surface area contributed by atoms with Gasteiger partial charge < -0.3 is 15.6 Å². The second kappa shape index (κ2) is 8.22. The van der Waals surface area contributed by atoms with Crippen molar-refractivity contribution in [3.8, 4) is 0 Å². The molecular formula is C26H29N3O2. The Hall–Kier alpha value is -3.08. The number of anilines is 1. The highest BCUT2D eigenvalue weighted by Gasteiger charge is 2.22. The Morgan fingerprint density at radius 3 is 2.65 bits per heavy atom. The zero-order chi connectivity index (χ0) is 21.4. The smallest absolute Gasteiger partial charge is 0.255 e. The number of fused-ring (bicyclic) bond motifs is 3. The largest absolute Gasteiger partial charge is 0.358 e. The summed E-state index contributed by atoms with van der Waals surface area (Å²) in [5.41, 5.74) is 5.41. The molecule has 1 aromatic heterocycles. The maximum Gasteiger partial charge on any atom is 0.255 e. The minimum atomic E-state index is -0.193. The van der Waals surface area contributed by atoms with Gasteiger partial charge in [-0.25, -0.2) is 0 Å². The SMILES string of the molecule is C[C@H]1CCc2[nH]c3ccc(C(=O)Nc4ccccc4C(=O)NC4CCCC4)cc3c2C1. The number of carbonyl (C=O) groups is 2. The van der Waals surface area contributed by atoms with E-state index in [2.05, 4.69) is 22.5 Å². The Bertz CT molecular complexity index is 1140. The molecule has 0 saturated heterocycles. The van der Waals surface area contributed by atoms with Crippen molar-refractivity contribution in [3.63, 3.8) is 0 Å². The second-order valence-corrected chi connectivity index (χ2v) is 9.14. The molecule has 2 aliphatic rings. The van der Waals surface area contributed by atoms with Gasteiger partial charge in [0.1, 0.15) is 0 Å². The van der Waals surface area contributed by atoms with Crippen LogP contribution in [-0.4, -0.2) is 22.8 Å². The number of nitrogens with one attached hydrogen (secondary N) is 3. The highest BCUT2D eigenvalue weighted by atomic mass is 16.2. The lowest BCUT2D eigenvalue weighted by atomic mass is 9.87. The molecule has 1 atom stereocenters. The molecule has 5 nitrogen and oxygen atoms in total.